The molecule has 1 aliphatic carbocycles. The number of benzene rings is 2. The molecule has 2 amide bonds. The minimum absolute atomic E-state index is 0.0237. The first-order chi connectivity index (χ1) is 11.7. The molecule has 0 spiro atoms. The number of hydrogen-bond acceptors (Lipinski definition) is 2. The van der Waals surface area contributed by atoms with Gasteiger partial charge in [-0.1, -0.05) is 42.5 Å². The van der Waals surface area contributed by atoms with E-state index in [-0.39, 0.29) is 18.2 Å². The summed E-state index contributed by atoms with van der Waals surface area (Å²) in [6, 6.07) is 16.6. The topological polar surface area (TPSA) is 41.6 Å². The Bertz CT molecular complexity index is 734. The van der Waals surface area contributed by atoms with Crippen molar-refractivity contribution in [3.8, 4) is 5.75 Å². The van der Waals surface area contributed by atoms with Crippen molar-refractivity contribution in [3.05, 3.63) is 65.2 Å². The normalized spacial score (nSPS) is 20.9. The van der Waals surface area contributed by atoms with Gasteiger partial charge in [0.05, 0.1) is 12.6 Å². The maximum absolute atomic E-state index is 12.5. The SMILES string of the molecule is CN(C(=O)NC[C@@H]1Cc2ccccc2O1)[C@@H]1CCc2ccccc21. The molecule has 4 heteroatoms. The zero-order chi connectivity index (χ0) is 16.5. The van der Waals surface area contributed by atoms with Crippen LogP contribution in [0.1, 0.15) is 29.2 Å². The lowest BCUT2D eigenvalue weighted by Gasteiger charge is -2.26. The van der Waals surface area contributed by atoms with E-state index in [0.29, 0.717) is 6.54 Å². The first-order valence-electron chi connectivity index (χ1n) is 8.55. The van der Waals surface area contributed by atoms with Crippen LogP contribution in [0.3, 0.4) is 0 Å². The molecule has 2 aromatic carbocycles. The summed E-state index contributed by atoms with van der Waals surface area (Å²) in [6.45, 7) is 0.534. The molecule has 0 saturated carbocycles. The zero-order valence-electron chi connectivity index (χ0n) is 13.9. The number of hydrogen-bond donors (Lipinski definition) is 1. The Balaban J connectivity index is 1.34. The highest BCUT2D eigenvalue weighted by Crippen LogP contribution is 2.34. The molecule has 1 aliphatic heterocycles. The number of nitrogens with zero attached hydrogens (tertiary/aromatic N) is 1. The number of rotatable bonds is 3. The van der Waals surface area contributed by atoms with Gasteiger partial charge >= 0.3 is 6.03 Å². The lowest BCUT2D eigenvalue weighted by molar-refractivity contribution is 0.178. The van der Waals surface area contributed by atoms with E-state index in [1.807, 2.05) is 36.2 Å². The molecule has 0 radical (unpaired) electrons. The maximum Gasteiger partial charge on any atom is 0.317 e. The van der Waals surface area contributed by atoms with Gasteiger partial charge in [-0.3, -0.25) is 0 Å². The average Bonchev–Trinajstić information content (AvgIpc) is 3.22. The second-order valence-electron chi connectivity index (χ2n) is 6.60. The quantitative estimate of drug-likeness (QED) is 0.942. The predicted octanol–water partition coefficient (Wildman–Crippen LogP) is 3.32. The van der Waals surface area contributed by atoms with Crippen LogP contribution in [0.15, 0.2) is 48.5 Å². The number of carbonyl (C=O) groups excluding carboxylic acids is 1. The first-order valence-corrected chi connectivity index (χ1v) is 8.55. The molecule has 0 saturated heterocycles. The van der Waals surface area contributed by atoms with E-state index in [1.165, 1.54) is 16.7 Å². The van der Waals surface area contributed by atoms with Crippen LogP contribution in [0.5, 0.6) is 5.75 Å². The molecule has 124 valence electrons. The number of aryl methyl sites for hydroxylation is 1. The van der Waals surface area contributed by atoms with Gasteiger partial charge in [-0.2, -0.15) is 0 Å². The van der Waals surface area contributed by atoms with Crippen LogP contribution < -0.4 is 10.1 Å². The second kappa shape index (κ2) is 6.19. The van der Waals surface area contributed by atoms with E-state index in [2.05, 4.69) is 29.6 Å². The molecule has 4 rings (SSSR count). The van der Waals surface area contributed by atoms with Gasteiger partial charge in [0.25, 0.3) is 0 Å². The summed E-state index contributed by atoms with van der Waals surface area (Å²) in [7, 11) is 1.88. The molecule has 4 nitrogen and oxygen atoms in total. The van der Waals surface area contributed by atoms with Crippen LogP contribution in [-0.4, -0.2) is 30.6 Å². The van der Waals surface area contributed by atoms with Crippen LogP contribution >= 0.6 is 0 Å². The third-order valence-corrected chi connectivity index (χ3v) is 5.08. The second-order valence-corrected chi connectivity index (χ2v) is 6.60. The Morgan fingerprint density at radius 1 is 1.17 bits per heavy atom. The van der Waals surface area contributed by atoms with Crippen molar-refractivity contribution in [3.63, 3.8) is 0 Å². The highest BCUT2D eigenvalue weighted by molar-refractivity contribution is 5.74. The first kappa shape index (κ1) is 15.1. The Morgan fingerprint density at radius 2 is 1.92 bits per heavy atom. The average molecular weight is 322 g/mol. The molecule has 2 aliphatic rings. The molecule has 1 heterocycles. The van der Waals surface area contributed by atoms with Gasteiger partial charge in [0, 0.05) is 13.5 Å². The fourth-order valence-corrected chi connectivity index (χ4v) is 3.77. The minimum atomic E-state index is -0.0312. The number of fused-ring (bicyclic) bond motifs is 2. The van der Waals surface area contributed by atoms with Gasteiger partial charge in [-0.15, -0.1) is 0 Å². The summed E-state index contributed by atoms with van der Waals surface area (Å²) >= 11 is 0. The highest BCUT2D eigenvalue weighted by Gasteiger charge is 2.29. The molecule has 2 aromatic rings. The number of nitrogens with one attached hydrogen (secondary N) is 1. The van der Waals surface area contributed by atoms with Crippen molar-refractivity contribution in [1.29, 1.82) is 0 Å². The third kappa shape index (κ3) is 2.73. The molecule has 0 bridgehead atoms. The van der Waals surface area contributed by atoms with Gasteiger partial charge < -0.3 is 15.0 Å². The molecular formula is C20H22N2O2. The molecule has 24 heavy (non-hydrogen) atoms. The van der Waals surface area contributed by atoms with Gasteiger partial charge in [-0.05, 0) is 35.6 Å². The lowest BCUT2D eigenvalue weighted by Crippen LogP contribution is -2.43. The van der Waals surface area contributed by atoms with Crippen molar-refractivity contribution in [2.24, 2.45) is 0 Å². The van der Waals surface area contributed by atoms with Crippen molar-refractivity contribution >= 4 is 6.03 Å². The zero-order valence-corrected chi connectivity index (χ0v) is 13.9. The maximum atomic E-state index is 12.5. The van der Waals surface area contributed by atoms with Gasteiger partial charge in [0.15, 0.2) is 0 Å². The lowest BCUT2D eigenvalue weighted by atomic mass is 10.1. The number of ether oxygens (including phenoxy) is 1. The minimum Gasteiger partial charge on any atom is -0.488 e. The Labute approximate surface area is 142 Å². The van der Waals surface area contributed by atoms with E-state index in [4.69, 9.17) is 4.74 Å². The van der Waals surface area contributed by atoms with E-state index in [1.54, 1.807) is 0 Å². The Morgan fingerprint density at radius 3 is 2.75 bits per heavy atom. The smallest absolute Gasteiger partial charge is 0.317 e. The standard InChI is InChI=1S/C20H22N2O2/c1-22(18-11-10-14-6-2-4-8-17(14)18)20(23)21-13-16-12-15-7-3-5-9-19(15)24-16/h2-9,16,18H,10-13H2,1H3,(H,21,23)/t16-,18+/m0/s1. The van der Waals surface area contributed by atoms with E-state index in [0.717, 1.165) is 25.0 Å². The Hall–Kier alpha value is -2.49. The van der Waals surface area contributed by atoms with Crippen LogP contribution in [0, 0.1) is 0 Å². The molecule has 0 fully saturated rings. The van der Waals surface area contributed by atoms with E-state index >= 15 is 0 Å². The van der Waals surface area contributed by atoms with Crippen LogP contribution in [-0.2, 0) is 12.8 Å². The number of para-hydroxylation sites is 1. The van der Waals surface area contributed by atoms with Crippen molar-refractivity contribution in [2.45, 2.75) is 31.4 Å². The summed E-state index contributed by atoms with van der Waals surface area (Å²) in [5.41, 5.74) is 3.85. The number of carbonyl (C=O) groups is 1. The van der Waals surface area contributed by atoms with Gasteiger partial charge in [0.1, 0.15) is 11.9 Å². The van der Waals surface area contributed by atoms with E-state index in [9.17, 15) is 4.79 Å². The predicted molar refractivity (Wildman–Crippen MR) is 93.2 cm³/mol. The van der Waals surface area contributed by atoms with Crippen LogP contribution in [0.2, 0.25) is 0 Å². The molecule has 1 N–H and O–H groups in total. The Kier molecular flexibility index (Phi) is 3.89. The fourth-order valence-electron chi connectivity index (χ4n) is 3.77. The number of urea groups is 1. The summed E-state index contributed by atoms with van der Waals surface area (Å²) in [4.78, 5) is 14.4. The van der Waals surface area contributed by atoms with Crippen molar-refractivity contribution in [2.75, 3.05) is 13.6 Å². The van der Waals surface area contributed by atoms with E-state index < -0.39 is 0 Å². The summed E-state index contributed by atoms with van der Waals surface area (Å²) in [5.74, 6) is 0.940. The van der Waals surface area contributed by atoms with Gasteiger partial charge in [0.2, 0.25) is 0 Å². The van der Waals surface area contributed by atoms with Crippen molar-refractivity contribution < 1.29 is 9.53 Å². The highest BCUT2D eigenvalue weighted by atomic mass is 16.5. The molecule has 0 aromatic heterocycles. The molecule has 2 atom stereocenters. The van der Waals surface area contributed by atoms with Crippen LogP contribution in [0.25, 0.3) is 0 Å². The van der Waals surface area contributed by atoms with Crippen LogP contribution in [0.4, 0.5) is 4.79 Å². The van der Waals surface area contributed by atoms with Gasteiger partial charge in [-0.25, -0.2) is 4.79 Å². The monoisotopic (exact) mass is 322 g/mol. The summed E-state index contributed by atoms with van der Waals surface area (Å²) in [6.07, 6.45) is 2.91. The molecular weight excluding hydrogens is 300 g/mol. The fraction of sp³-hybridized carbons (Fsp3) is 0.350. The largest absolute Gasteiger partial charge is 0.488 e. The number of amides is 2. The van der Waals surface area contributed by atoms with Crippen molar-refractivity contribution in [1.82, 2.24) is 10.2 Å². The summed E-state index contributed by atoms with van der Waals surface area (Å²) < 4.78 is 5.89. The third-order valence-electron chi connectivity index (χ3n) is 5.08. The summed E-state index contributed by atoms with van der Waals surface area (Å²) in [5, 5.41) is 3.03. The molecule has 0 unspecified atom stereocenters.